The van der Waals surface area contributed by atoms with Gasteiger partial charge in [0, 0.05) is 42.0 Å². The molecule has 6 nitrogen and oxygen atoms in total. The summed E-state index contributed by atoms with van der Waals surface area (Å²) >= 11 is 0. The fourth-order valence-corrected chi connectivity index (χ4v) is 6.15. The topological polar surface area (TPSA) is 64.8 Å². The Kier molecular flexibility index (Phi) is 7.45. The first kappa shape index (κ1) is 25.3. The smallest absolute Gasteiger partial charge is 0.135 e. The molecule has 0 spiro atoms. The third kappa shape index (κ3) is 4.94. The van der Waals surface area contributed by atoms with Gasteiger partial charge in [-0.1, -0.05) is 0 Å². The van der Waals surface area contributed by atoms with Gasteiger partial charge in [-0.05, 0) is 102 Å². The highest BCUT2D eigenvalue weighted by molar-refractivity contribution is 5.85. The van der Waals surface area contributed by atoms with E-state index in [2.05, 4.69) is 26.7 Å². The first-order chi connectivity index (χ1) is 17.3. The van der Waals surface area contributed by atoms with Gasteiger partial charge in [0.1, 0.15) is 12.0 Å². The molecule has 7 heteroatoms. The van der Waals surface area contributed by atoms with Gasteiger partial charge in [-0.15, -0.1) is 0 Å². The number of aliphatic hydroxyl groups excluding tert-OH is 2. The van der Waals surface area contributed by atoms with E-state index in [1.165, 1.54) is 23.1 Å². The molecule has 2 fully saturated rings. The predicted octanol–water partition coefficient (Wildman–Crippen LogP) is 4.98. The summed E-state index contributed by atoms with van der Waals surface area (Å²) in [6.45, 7) is 5.92. The number of nitrogens with zero attached hydrogens (tertiary/aromatic N) is 4. The first-order valence-corrected chi connectivity index (χ1v) is 13.4. The molecule has 3 aromatic rings. The summed E-state index contributed by atoms with van der Waals surface area (Å²) in [5, 5.41) is 22.4. The minimum absolute atomic E-state index is 0.103. The lowest BCUT2D eigenvalue weighted by atomic mass is 9.81. The normalized spacial score (nSPS) is 24.6. The molecule has 0 radical (unpaired) electrons. The second-order valence-corrected chi connectivity index (χ2v) is 11.0. The molecule has 1 saturated heterocycles. The molecule has 2 aromatic heterocycles. The van der Waals surface area contributed by atoms with Gasteiger partial charge >= 0.3 is 0 Å². The predicted molar refractivity (Wildman–Crippen MR) is 141 cm³/mol. The van der Waals surface area contributed by atoms with E-state index in [0.717, 1.165) is 62.8 Å². The summed E-state index contributed by atoms with van der Waals surface area (Å²) in [5.74, 6) is 0.0789. The fraction of sp³-hybridized carbons (Fsp3) is 0.552. The van der Waals surface area contributed by atoms with Gasteiger partial charge in [0.05, 0.1) is 23.5 Å². The molecule has 3 heterocycles. The number of pyridine rings is 1. The number of aromatic nitrogens is 2. The van der Waals surface area contributed by atoms with Crippen LogP contribution in [0.25, 0.3) is 16.6 Å². The summed E-state index contributed by atoms with van der Waals surface area (Å²) < 4.78 is 16.4. The zero-order valence-electron chi connectivity index (χ0n) is 21.6. The summed E-state index contributed by atoms with van der Waals surface area (Å²) in [6, 6.07) is 7.40. The molecule has 1 aliphatic carbocycles. The van der Waals surface area contributed by atoms with Crippen LogP contribution in [-0.4, -0.2) is 67.9 Å². The number of rotatable bonds is 6. The molecule has 2 aliphatic rings. The van der Waals surface area contributed by atoms with Crippen LogP contribution in [0, 0.1) is 5.82 Å². The van der Waals surface area contributed by atoms with Crippen LogP contribution >= 0.6 is 0 Å². The van der Waals surface area contributed by atoms with E-state index >= 15 is 0 Å². The third-order valence-electron chi connectivity index (χ3n) is 8.45. The van der Waals surface area contributed by atoms with Crippen LogP contribution in [0.2, 0.25) is 0 Å². The van der Waals surface area contributed by atoms with Gasteiger partial charge in [-0.25, -0.2) is 4.39 Å². The first-order valence-electron chi connectivity index (χ1n) is 13.4. The molecule has 2 N–H and O–H groups in total. The Balaban J connectivity index is 1.46. The van der Waals surface area contributed by atoms with E-state index in [1.807, 2.05) is 38.2 Å². The van der Waals surface area contributed by atoms with E-state index in [4.69, 9.17) is 0 Å². The molecule has 1 aliphatic heterocycles. The highest BCUT2D eigenvalue weighted by Gasteiger charge is 2.31. The van der Waals surface area contributed by atoms with Crippen molar-refractivity contribution in [2.24, 2.45) is 0 Å². The fourth-order valence-electron chi connectivity index (χ4n) is 6.15. The highest BCUT2D eigenvalue weighted by atomic mass is 19.1. The van der Waals surface area contributed by atoms with E-state index < -0.39 is 6.23 Å². The van der Waals surface area contributed by atoms with Crippen molar-refractivity contribution in [1.82, 2.24) is 19.4 Å². The molecule has 5 rings (SSSR count). The van der Waals surface area contributed by atoms with E-state index in [0.29, 0.717) is 17.5 Å². The van der Waals surface area contributed by atoms with Crippen LogP contribution in [0.5, 0.6) is 0 Å². The van der Waals surface area contributed by atoms with Crippen molar-refractivity contribution in [3.63, 3.8) is 0 Å². The maximum Gasteiger partial charge on any atom is 0.135 e. The minimum atomic E-state index is -0.927. The van der Waals surface area contributed by atoms with Gasteiger partial charge in [0.25, 0.3) is 0 Å². The average molecular weight is 495 g/mol. The summed E-state index contributed by atoms with van der Waals surface area (Å²) in [4.78, 5) is 8.73. The Bertz CT molecular complexity index is 1190. The van der Waals surface area contributed by atoms with E-state index in [-0.39, 0.29) is 18.0 Å². The lowest BCUT2D eigenvalue weighted by molar-refractivity contribution is 0.000853. The Hall–Kier alpha value is -2.32. The molecule has 194 valence electrons. The molecule has 2 atom stereocenters. The van der Waals surface area contributed by atoms with Crippen LogP contribution in [0.1, 0.15) is 75.6 Å². The van der Waals surface area contributed by atoms with Crippen LogP contribution < -0.4 is 0 Å². The van der Waals surface area contributed by atoms with Gasteiger partial charge in [0.2, 0.25) is 0 Å². The van der Waals surface area contributed by atoms with Crippen LogP contribution in [0.15, 0.2) is 42.9 Å². The second-order valence-electron chi connectivity index (χ2n) is 11.0. The van der Waals surface area contributed by atoms with E-state index in [9.17, 15) is 14.6 Å². The Morgan fingerprint density at radius 3 is 2.61 bits per heavy atom. The largest absolute Gasteiger partial charge is 0.392 e. The van der Waals surface area contributed by atoms with Crippen LogP contribution in [0.4, 0.5) is 4.39 Å². The Morgan fingerprint density at radius 2 is 1.89 bits per heavy atom. The number of hydrogen-bond donors (Lipinski definition) is 2. The third-order valence-corrected chi connectivity index (χ3v) is 8.45. The van der Waals surface area contributed by atoms with Crippen LogP contribution in [-0.2, 0) is 0 Å². The highest BCUT2D eigenvalue weighted by Crippen LogP contribution is 2.40. The van der Waals surface area contributed by atoms with Gasteiger partial charge in [-0.3, -0.25) is 14.8 Å². The van der Waals surface area contributed by atoms with Crippen LogP contribution in [0.3, 0.4) is 0 Å². The standard InChI is InChI=1S/C29H39FN4O2/c1-19(2)32(3)29(36)25-15-21(30)8-11-27(25)34-18-26(24-12-13-31-16-28(24)34)20-6-9-22(10-7-20)33-14-4-5-23(35)17-33/h8,11-13,15-16,18-20,22-23,29,35-36H,4-7,9-10,14,17H2,1-3H3. The summed E-state index contributed by atoms with van der Waals surface area (Å²) in [7, 11) is 1.85. The number of aliphatic hydroxyl groups is 2. The molecular formula is C29H39FN4O2. The molecular weight excluding hydrogens is 455 g/mol. The number of β-amino-alcohol motifs (C(OH)–C–C–N with tert-alkyl or cyclic N) is 1. The monoisotopic (exact) mass is 494 g/mol. The number of halogens is 1. The van der Waals surface area contributed by atoms with Crippen molar-refractivity contribution in [3.8, 4) is 5.69 Å². The Labute approximate surface area is 213 Å². The second kappa shape index (κ2) is 10.6. The number of fused-ring (bicyclic) bond motifs is 1. The van der Waals surface area contributed by atoms with E-state index in [1.54, 1.807) is 6.07 Å². The molecule has 1 saturated carbocycles. The SMILES string of the molecule is CC(C)N(C)C(O)c1cc(F)ccc1-n1cc(C2CCC(N3CCCC(O)C3)CC2)c2ccncc21. The Morgan fingerprint density at radius 1 is 1.11 bits per heavy atom. The maximum absolute atomic E-state index is 14.3. The van der Waals surface area contributed by atoms with Crippen molar-refractivity contribution in [1.29, 1.82) is 0 Å². The molecule has 0 amide bonds. The molecule has 2 unspecified atom stereocenters. The van der Waals surface area contributed by atoms with Gasteiger partial charge in [0.15, 0.2) is 0 Å². The molecule has 1 aromatic carbocycles. The number of piperidine rings is 1. The number of hydrogen-bond acceptors (Lipinski definition) is 5. The zero-order chi connectivity index (χ0) is 25.4. The quantitative estimate of drug-likeness (QED) is 0.473. The van der Waals surface area contributed by atoms with Crippen molar-refractivity contribution in [3.05, 3.63) is 59.8 Å². The van der Waals surface area contributed by atoms with Gasteiger partial charge < -0.3 is 14.8 Å². The average Bonchev–Trinajstić information content (AvgIpc) is 3.27. The summed E-state index contributed by atoms with van der Waals surface area (Å²) in [6.07, 6.45) is 11.3. The maximum atomic E-state index is 14.3. The lowest BCUT2D eigenvalue weighted by Gasteiger charge is -2.40. The van der Waals surface area contributed by atoms with Crippen molar-refractivity contribution >= 4 is 10.9 Å². The van der Waals surface area contributed by atoms with Gasteiger partial charge in [-0.2, -0.15) is 0 Å². The van der Waals surface area contributed by atoms with Crippen molar-refractivity contribution in [2.45, 2.75) is 82.7 Å². The number of likely N-dealkylation sites (tertiary alicyclic amines) is 1. The number of benzene rings is 1. The van der Waals surface area contributed by atoms with Crippen molar-refractivity contribution < 1.29 is 14.6 Å². The minimum Gasteiger partial charge on any atom is -0.392 e. The van der Waals surface area contributed by atoms with Crippen molar-refractivity contribution in [2.75, 3.05) is 20.1 Å². The zero-order valence-corrected chi connectivity index (χ0v) is 21.6. The molecule has 0 bridgehead atoms. The molecule has 36 heavy (non-hydrogen) atoms. The lowest BCUT2D eigenvalue weighted by Crippen LogP contribution is -2.45. The summed E-state index contributed by atoms with van der Waals surface area (Å²) in [5.41, 5.74) is 3.59.